The van der Waals surface area contributed by atoms with Gasteiger partial charge in [-0.25, -0.2) is 13.8 Å². The molecule has 1 atom stereocenters. The van der Waals surface area contributed by atoms with E-state index in [-0.39, 0.29) is 6.54 Å². The highest BCUT2D eigenvalue weighted by atomic mass is 19.3. The average molecular weight is 286 g/mol. The molecule has 2 rings (SSSR count). The number of carboxylic acid groups (broad SMARTS) is 1. The van der Waals surface area contributed by atoms with Crippen molar-refractivity contribution in [3.05, 3.63) is 23.4 Å². The van der Waals surface area contributed by atoms with Crippen molar-refractivity contribution in [1.29, 1.82) is 0 Å². The number of hydrogen-bond acceptors (Lipinski definition) is 4. The maximum atomic E-state index is 13.4. The molecule has 1 N–H and O–H groups in total. The van der Waals surface area contributed by atoms with Crippen molar-refractivity contribution < 1.29 is 23.4 Å². The lowest BCUT2D eigenvalue weighted by molar-refractivity contribution is -0.142. The first-order chi connectivity index (χ1) is 9.32. The molecule has 0 radical (unpaired) electrons. The number of halogens is 2. The highest BCUT2D eigenvalue weighted by molar-refractivity contribution is 5.74. The summed E-state index contributed by atoms with van der Waals surface area (Å²) >= 11 is 0. The van der Waals surface area contributed by atoms with E-state index in [9.17, 15) is 13.6 Å². The first-order valence-electron chi connectivity index (χ1n) is 6.17. The van der Waals surface area contributed by atoms with Gasteiger partial charge in [-0.1, -0.05) is 6.07 Å². The first kappa shape index (κ1) is 14.6. The van der Waals surface area contributed by atoms with Crippen molar-refractivity contribution in [2.75, 3.05) is 13.7 Å². The Morgan fingerprint density at radius 1 is 1.60 bits per heavy atom. The van der Waals surface area contributed by atoms with Gasteiger partial charge in [-0.05, 0) is 12.5 Å². The van der Waals surface area contributed by atoms with Crippen LogP contribution in [0.1, 0.15) is 17.7 Å². The molecule has 0 unspecified atom stereocenters. The van der Waals surface area contributed by atoms with Crippen molar-refractivity contribution in [2.24, 2.45) is 0 Å². The molecule has 7 heteroatoms. The van der Waals surface area contributed by atoms with Gasteiger partial charge in [0.2, 0.25) is 5.88 Å². The highest BCUT2D eigenvalue weighted by Crippen LogP contribution is 2.33. The highest BCUT2D eigenvalue weighted by Gasteiger charge is 2.48. The number of methoxy groups -OCH3 is 1. The molecule has 1 aliphatic heterocycles. The Bertz CT molecular complexity index is 522. The molecular formula is C13H16F2N2O3. The lowest BCUT2D eigenvalue weighted by Crippen LogP contribution is -2.35. The molecule has 20 heavy (non-hydrogen) atoms. The Morgan fingerprint density at radius 2 is 2.30 bits per heavy atom. The minimum Gasteiger partial charge on any atom is -0.481 e. The second-order valence-corrected chi connectivity index (χ2v) is 4.92. The van der Waals surface area contributed by atoms with Crippen LogP contribution in [0.3, 0.4) is 0 Å². The quantitative estimate of drug-likeness (QED) is 0.912. The van der Waals surface area contributed by atoms with Crippen LogP contribution in [-0.2, 0) is 11.3 Å². The number of aryl methyl sites for hydroxylation is 1. The number of rotatable bonds is 4. The standard InChI is InChI=1S/C13H16F2N2O3/c1-8-9(3-4-11(16-8)20-2)6-17-7-13(14,15)5-10(17)12(18)19/h3-4,10H,5-7H2,1-2H3,(H,18,19)/t10-/m1/s1. The molecule has 1 aromatic heterocycles. The van der Waals surface area contributed by atoms with Gasteiger partial charge in [0.05, 0.1) is 13.7 Å². The molecule has 1 aliphatic rings. The summed E-state index contributed by atoms with van der Waals surface area (Å²) in [7, 11) is 1.49. The van der Waals surface area contributed by atoms with Gasteiger partial charge in [-0.2, -0.15) is 0 Å². The van der Waals surface area contributed by atoms with Crippen LogP contribution >= 0.6 is 0 Å². The van der Waals surface area contributed by atoms with Crippen LogP contribution in [0.15, 0.2) is 12.1 Å². The molecule has 0 bridgehead atoms. The summed E-state index contributed by atoms with van der Waals surface area (Å²) < 4.78 is 31.7. The van der Waals surface area contributed by atoms with E-state index in [4.69, 9.17) is 9.84 Å². The predicted molar refractivity (Wildman–Crippen MR) is 66.9 cm³/mol. The van der Waals surface area contributed by atoms with E-state index in [0.717, 1.165) is 5.56 Å². The van der Waals surface area contributed by atoms with Crippen molar-refractivity contribution in [3.63, 3.8) is 0 Å². The normalized spacial score (nSPS) is 21.9. The minimum atomic E-state index is -2.96. The van der Waals surface area contributed by atoms with Gasteiger partial charge in [0.1, 0.15) is 6.04 Å². The third-order valence-corrected chi connectivity index (χ3v) is 3.40. The second kappa shape index (κ2) is 5.32. The van der Waals surface area contributed by atoms with E-state index < -0.39 is 30.9 Å². The number of ether oxygens (including phenoxy) is 1. The first-order valence-corrected chi connectivity index (χ1v) is 6.17. The fourth-order valence-electron chi connectivity index (χ4n) is 2.36. The summed E-state index contributed by atoms with van der Waals surface area (Å²) in [6, 6.07) is 2.19. The Kier molecular flexibility index (Phi) is 3.89. The number of alkyl halides is 2. The van der Waals surface area contributed by atoms with E-state index in [2.05, 4.69) is 4.98 Å². The number of pyridine rings is 1. The Balaban J connectivity index is 2.18. The summed E-state index contributed by atoms with van der Waals surface area (Å²) in [4.78, 5) is 16.5. The molecular weight excluding hydrogens is 270 g/mol. The van der Waals surface area contributed by atoms with Gasteiger partial charge < -0.3 is 9.84 Å². The molecule has 1 saturated heterocycles. The Hall–Kier alpha value is -1.76. The number of carbonyl (C=O) groups is 1. The van der Waals surface area contributed by atoms with Crippen molar-refractivity contribution >= 4 is 5.97 Å². The van der Waals surface area contributed by atoms with E-state index in [1.807, 2.05) is 0 Å². The van der Waals surface area contributed by atoms with Gasteiger partial charge >= 0.3 is 5.97 Å². The number of aliphatic carboxylic acids is 1. The smallest absolute Gasteiger partial charge is 0.321 e. The monoisotopic (exact) mass is 286 g/mol. The largest absolute Gasteiger partial charge is 0.481 e. The van der Waals surface area contributed by atoms with E-state index in [0.29, 0.717) is 11.6 Å². The minimum absolute atomic E-state index is 0.134. The van der Waals surface area contributed by atoms with Gasteiger partial charge in [0.15, 0.2) is 0 Å². The van der Waals surface area contributed by atoms with Crippen LogP contribution < -0.4 is 4.74 Å². The molecule has 2 heterocycles. The summed E-state index contributed by atoms with van der Waals surface area (Å²) in [6.07, 6.45) is -0.648. The molecule has 0 saturated carbocycles. The van der Waals surface area contributed by atoms with E-state index >= 15 is 0 Å². The van der Waals surface area contributed by atoms with Gasteiger partial charge in [-0.15, -0.1) is 0 Å². The van der Waals surface area contributed by atoms with Crippen LogP contribution in [-0.4, -0.2) is 46.6 Å². The maximum absolute atomic E-state index is 13.4. The van der Waals surface area contributed by atoms with Crippen molar-refractivity contribution in [3.8, 4) is 5.88 Å². The van der Waals surface area contributed by atoms with Crippen molar-refractivity contribution in [1.82, 2.24) is 9.88 Å². The summed E-state index contributed by atoms with van der Waals surface area (Å²) in [5, 5.41) is 9.03. The van der Waals surface area contributed by atoms with E-state index in [1.165, 1.54) is 12.0 Å². The van der Waals surface area contributed by atoms with Gasteiger partial charge in [0, 0.05) is 24.7 Å². The predicted octanol–water partition coefficient (Wildman–Crippen LogP) is 1.69. The number of aromatic nitrogens is 1. The third-order valence-electron chi connectivity index (χ3n) is 3.40. The van der Waals surface area contributed by atoms with Gasteiger partial charge in [0.25, 0.3) is 5.92 Å². The zero-order valence-electron chi connectivity index (χ0n) is 11.3. The molecule has 0 amide bonds. The van der Waals surface area contributed by atoms with Crippen molar-refractivity contribution in [2.45, 2.75) is 31.9 Å². The lowest BCUT2D eigenvalue weighted by atomic mass is 10.1. The Morgan fingerprint density at radius 3 is 2.85 bits per heavy atom. The van der Waals surface area contributed by atoms with Crippen LogP contribution in [0.25, 0.3) is 0 Å². The number of hydrogen-bond donors (Lipinski definition) is 1. The zero-order chi connectivity index (χ0) is 14.9. The number of carboxylic acids is 1. The lowest BCUT2D eigenvalue weighted by Gasteiger charge is -2.21. The molecule has 5 nitrogen and oxygen atoms in total. The SMILES string of the molecule is COc1ccc(CN2CC(F)(F)C[C@@H]2C(=O)O)c(C)n1. The van der Waals surface area contributed by atoms with Gasteiger partial charge in [-0.3, -0.25) is 9.69 Å². The third kappa shape index (κ3) is 3.04. The average Bonchev–Trinajstić information content (AvgIpc) is 2.67. The molecule has 0 aromatic carbocycles. The Labute approximate surface area is 115 Å². The topological polar surface area (TPSA) is 62.7 Å². The molecule has 0 spiro atoms. The summed E-state index contributed by atoms with van der Waals surface area (Å²) in [6.45, 7) is 1.33. The second-order valence-electron chi connectivity index (χ2n) is 4.92. The van der Waals surface area contributed by atoms with E-state index in [1.54, 1.807) is 19.1 Å². The maximum Gasteiger partial charge on any atom is 0.321 e. The zero-order valence-corrected chi connectivity index (χ0v) is 11.3. The molecule has 110 valence electrons. The van der Waals surface area contributed by atoms with Crippen LogP contribution in [0.5, 0.6) is 5.88 Å². The summed E-state index contributed by atoms with van der Waals surface area (Å²) in [5.41, 5.74) is 1.36. The molecule has 1 fully saturated rings. The fourth-order valence-corrected chi connectivity index (χ4v) is 2.36. The summed E-state index contributed by atoms with van der Waals surface area (Å²) in [5.74, 6) is -3.74. The van der Waals surface area contributed by atoms with Crippen LogP contribution in [0.4, 0.5) is 8.78 Å². The van der Waals surface area contributed by atoms with Crippen LogP contribution in [0, 0.1) is 6.92 Å². The molecule has 1 aromatic rings. The number of likely N-dealkylation sites (tertiary alicyclic amines) is 1. The van der Waals surface area contributed by atoms with Crippen LogP contribution in [0.2, 0.25) is 0 Å². The molecule has 0 aliphatic carbocycles. The fraction of sp³-hybridized carbons (Fsp3) is 0.538. The number of nitrogens with zero attached hydrogens (tertiary/aromatic N) is 2.